The summed E-state index contributed by atoms with van der Waals surface area (Å²) in [7, 11) is 1.60. The Kier molecular flexibility index (Phi) is 6.17. The summed E-state index contributed by atoms with van der Waals surface area (Å²) in [5, 5.41) is 3.96. The van der Waals surface area contributed by atoms with Crippen LogP contribution in [-0.2, 0) is 0 Å². The van der Waals surface area contributed by atoms with E-state index in [1.807, 2.05) is 25.1 Å². The van der Waals surface area contributed by atoms with Crippen molar-refractivity contribution in [1.29, 1.82) is 0 Å². The highest BCUT2D eigenvalue weighted by molar-refractivity contribution is 9.10. The minimum atomic E-state index is -0.281. The Morgan fingerprint density at radius 1 is 1.26 bits per heavy atom. The van der Waals surface area contributed by atoms with Crippen LogP contribution in [0, 0.1) is 0 Å². The van der Waals surface area contributed by atoms with E-state index in [0.717, 1.165) is 21.5 Å². The SMILES string of the molecule is CCOc1ccc(C(=O)N/N=C\c2ccc(OC)c(Br)c2)cc1. The number of carbonyl (C=O) groups excluding carboxylic acids is 1. The number of rotatable bonds is 6. The second kappa shape index (κ2) is 8.33. The lowest BCUT2D eigenvalue weighted by Gasteiger charge is -2.04. The van der Waals surface area contributed by atoms with Gasteiger partial charge in [-0.2, -0.15) is 5.10 Å². The van der Waals surface area contributed by atoms with Gasteiger partial charge in [0.1, 0.15) is 11.5 Å². The molecule has 23 heavy (non-hydrogen) atoms. The van der Waals surface area contributed by atoms with E-state index in [1.54, 1.807) is 37.6 Å². The predicted molar refractivity (Wildman–Crippen MR) is 93.4 cm³/mol. The molecule has 120 valence electrons. The van der Waals surface area contributed by atoms with Crippen molar-refractivity contribution in [2.75, 3.05) is 13.7 Å². The smallest absolute Gasteiger partial charge is 0.271 e. The number of hydrogen-bond acceptors (Lipinski definition) is 4. The highest BCUT2D eigenvalue weighted by Gasteiger charge is 2.04. The molecule has 0 aliphatic rings. The number of amides is 1. The van der Waals surface area contributed by atoms with E-state index in [9.17, 15) is 4.79 Å². The van der Waals surface area contributed by atoms with Crippen molar-refractivity contribution in [1.82, 2.24) is 5.43 Å². The number of ether oxygens (including phenoxy) is 2. The van der Waals surface area contributed by atoms with E-state index in [1.165, 1.54) is 0 Å². The van der Waals surface area contributed by atoms with Crippen LogP contribution in [-0.4, -0.2) is 25.8 Å². The van der Waals surface area contributed by atoms with Crippen LogP contribution in [0.25, 0.3) is 0 Å². The van der Waals surface area contributed by atoms with Crippen molar-refractivity contribution in [2.45, 2.75) is 6.92 Å². The Labute approximate surface area is 143 Å². The average Bonchev–Trinajstić information content (AvgIpc) is 2.56. The summed E-state index contributed by atoms with van der Waals surface area (Å²) in [6.45, 7) is 2.50. The molecule has 0 aliphatic heterocycles. The van der Waals surface area contributed by atoms with Gasteiger partial charge in [-0.25, -0.2) is 5.43 Å². The second-order valence-electron chi connectivity index (χ2n) is 4.55. The molecule has 0 saturated heterocycles. The summed E-state index contributed by atoms with van der Waals surface area (Å²) in [4.78, 5) is 12.0. The van der Waals surface area contributed by atoms with Crippen LogP contribution in [0.15, 0.2) is 52.0 Å². The van der Waals surface area contributed by atoms with Gasteiger partial charge < -0.3 is 9.47 Å². The molecule has 6 heteroatoms. The fraction of sp³-hybridized carbons (Fsp3) is 0.176. The number of halogens is 1. The Balaban J connectivity index is 1.96. The Bertz CT molecular complexity index is 699. The molecule has 0 radical (unpaired) electrons. The van der Waals surface area contributed by atoms with Crippen LogP contribution in [0.3, 0.4) is 0 Å². The first-order chi connectivity index (χ1) is 11.1. The zero-order valence-electron chi connectivity index (χ0n) is 12.9. The van der Waals surface area contributed by atoms with Gasteiger partial charge in [-0.05, 0) is 70.9 Å². The van der Waals surface area contributed by atoms with Crippen molar-refractivity contribution in [3.63, 3.8) is 0 Å². The van der Waals surface area contributed by atoms with Crippen molar-refractivity contribution in [3.05, 3.63) is 58.1 Å². The minimum Gasteiger partial charge on any atom is -0.496 e. The first-order valence-electron chi connectivity index (χ1n) is 7.04. The van der Waals surface area contributed by atoms with Gasteiger partial charge >= 0.3 is 0 Å². The molecule has 5 nitrogen and oxygen atoms in total. The zero-order valence-corrected chi connectivity index (χ0v) is 14.5. The summed E-state index contributed by atoms with van der Waals surface area (Å²) in [6, 6.07) is 12.4. The first-order valence-corrected chi connectivity index (χ1v) is 7.83. The van der Waals surface area contributed by atoms with Crippen molar-refractivity contribution in [3.8, 4) is 11.5 Å². The molecule has 2 aromatic carbocycles. The van der Waals surface area contributed by atoms with E-state index in [4.69, 9.17) is 9.47 Å². The van der Waals surface area contributed by atoms with Gasteiger partial charge in [0.05, 0.1) is 24.4 Å². The second-order valence-corrected chi connectivity index (χ2v) is 5.40. The molecule has 1 N–H and O–H groups in total. The maximum absolute atomic E-state index is 12.0. The lowest BCUT2D eigenvalue weighted by Crippen LogP contribution is -2.17. The monoisotopic (exact) mass is 376 g/mol. The molecule has 2 aromatic rings. The number of hydrazone groups is 1. The maximum Gasteiger partial charge on any atom is 0.271 e. The molecule has 0 unspecified atom stereocenters. The highest BCUT2D eigenvalue weighted by Crippen LogP contribution is 2.24. The molecular weight excluding hydrogens is 360 g/mol. The lowest BCUT2D eigenvalue weighted by atomic mass is 10.2. The van der Waals surface area contributed by atoms with E-state index in [-0.39, 0.29) is 5.91 Å². The van der Waals surface area contributed by atoms with E-state index < -0.39 is 0 Å². The third-order valence-electron chi connectivity index (χ3n) is 2.98. The third kappa shape index (κ3) is 4.82. The van der Waals surface area contributed by atoms with Crippen LogP contribution in [0.1, 0.15) is 22.8 Å². The van der Waals surface area contributed by atoms with Gasteiger partial charge in [-0.3, -0.25) is 4.79 Å². The van der Waals surface area contributed by atoms with Gasteiger partial charge in [0.15, 0.2) is 0 Å². The predicted octanol–water partition coefficient (Wildman–Crippen LogP) is 3.62. The fourth-order valence-electron chi connectivity index (χ4n) is 1.86. The van der Waals surface area contributed by atoms with E-state index >= 15 is 0 Å². The number of hydrogen-bond donors (Lipinski definition) is 1. The standard InChI is InChI=1S/C17H17BrN2O3/c1-3-23-14-7-5-13(6-8-14)17(21)20-19-11-12-4-9-16(22-2)15(18)10-12/h4-11H,3H2,1-2H3,(H,20,21)/b19-11-. The number of nitrogens with one attached hydrogen (secondary N) is 1. The van der Waals surface area contributed by atoms with Crippen molar-refractivity contribution < 1.29 is 14.3 Å². The van der Waals surface area contributed by atoms with Gasteiger partial charge in [0, 0.05) is 5.56 Å². The molecule has 2 rings (SSSR count). The third-order valence-corrected chi connectivity index (χ3v) is 3.60. The molecule has 0 fully saturated rings. The van der Waals surface area contributed by atoms with Crippen LogP contribution in [0.5, 0.6) is 11.5 Å². The normalized spacial score (nSPS) is 10.6. The lowest BCUT2D eigenvalue weighted by molar-refractivity contribution is 0.0955. The molecule has 0 spiro atoms. The largest absolute Gasteiger partial charge is 0.496 e. The van der Waals surface area contributed by atoms with E-state index in [0.29, 0.717) is 12.2 Å². The molecule has 0 bridgehead atoms. The van der Waals surface area contributed by atoms with Gasteiger partial charge in [0.25, 0.3) is 5.91 Å². The molecule has 0 heterocycles. The molecule has 1 amide bonds. The first kappa shape index (κ1) is 17.0. The summed E-state index contributed by atoms with van der Waals surface area (Å²) >= 11 is 3.40. The van der Waals surface area contributed by atoms with Crippen LogP contribution in [0.2, 0.25) is 0 Å². The Hall–Kier alpha value is -2.34. The average molecular weight is 377 g/mol. The number of nitrogens with zero attached hydrogens (tertiary/aromatic N) is 1. The molecule has 0 aliphatic carbocycles. The van der Waals surface area contributed by atoms with Crippen LogP contribution in [0.4, 0.5) is 0 Å². The maximum atomic E-state index is 12.0. The number of benzene rings is 2. The Morgan fingerprint density at radius 2 is 2.00 bits per heavy atom. The highest BCUT2D eigenvalue weighted by atomic mass is 79.9. The van der Waals surface area contributed by atoms with Gasteiger partial charge in [-0.15, -0.1) is 0 Å². The summed E-state index contributed by atoms with van der Waals surface area (Å²) in [5.74, 6) is 1.19. The molecule has 0 aromatic heterocycles. The summed E-state index contributed by atoms with van der Waals surface area (Å²) < 4.78 is 11.3. The number of carbonyl (C=O) groups is 1. The number of methoxy groups -OCH3 is 1. The van der Waals surface area contributed by atoms with Gasteiger partial charge in [-0.1, -0.05) is 0 Å². The van der Waals surface area contributed by atoms with Gasteiger partial charge in [0.2, 0.25) is 0 Å². The minimum absolute atomic E-state index is 0.281. The van der Waals surface area contributed by atoms with E-state index in [2.05, 4.69) is 26.5 Å². The fourth-order valence-corrected chi connectivity index (χ4v) is 2.42. The summed E-state index contributed by atoms with van der Waals surface area (Å²) in [6.07, 6.45) is 1.57. The molecular formula is C17H17BrN2O3. The van der Waals surface area contributed by atoms with Crippen molar-refractivity contribution in [2.24, 2.45) is 5.10 Å². The quantitative estimate of drug-likeness (QED) is 0.618. The van der Waals surface area contributed by atoms with Crippen LogP contribution < -0.4 is 14.9 Å². The summed E-state index contributed by atoms with van der Waals surface area (Å²) in [5.41, 5.74) is 3.84. The molecule has 0 atom stereocenters. The van der Waals surface area contributed by atoms with Crippen LogP contribution >= 0.6 is 15.9 Å². The topological polar surface area (TPSA) is 59.9 Å². The molecule has 0 saturated carbocycles. The van der Waals surface area contributed by atoms with Crippen molar-refractivity contribution >= 4 is 28.1 Å². The zero-order chi connectivity index (χ0) is 16.7. The Morgan fingerprint density at radius 3 is 2.61 bits per heavy atom.